The molecule has 0 unspecified atom stereocenters. The molecular weight excluding hydrogens is 187 g/mol. The number of esters is 1. The standard InChI is InChI=1S/C10H11FO3/c1-2-13-7-14-10(12)8-5-3-4-6-9(8)11/h3-6H,2,7H2,1H3. The van der Waals surface area contributed by atoms with Crippen LogP contribution in [0.3, 0.4) is 0 Å². The molecule has 0 N–H and O–H groups in total. The highest BCUT2D eigenvalue weighted by atomic mass is 19.1. The summed E-state index contributed by atoms with van der Waals surface area (Å²) in [7, 11) is 0. The predicted octanol–water partition coefficient (Wildman–Crippen LogP) is 1.98. The number of benzene rings is 1. The van der Waals surface area contributed by atoms with Gasteiger partial charge in [-0.3, -0.25) is 0 Å². The van der Waals surface area contributed by atoms with Crippen LogP contribution in [-0.4, -0.2) is 19.4 Å². The van der Waals surface area contributed by atoms with E-state index >= 15 is 0 Å². The molecule has 0 aliphatic rings. The van der Waals surface area contributed by atoms with Gasteiger partial charge in [0.2, 0.25) is 0 Å². The van der Waals surface area contributed by atoms with Crippen LogP contribution in [0.4, 0.5) is 4.39 Å². The Morgan fingerprint density at radius 3 is 2.79 bits per heavy atom. The molecule has 0 atom stereocenters. The van der Waals surface area contributed by atoms with Crippen LogP contribution in [0.25, 0.3) is 0 Å². The first-order chi connectivity index (χ1) is 6.75. The minimum absolute atomic E-state index is 0.0767. The van der Waals surface area contributed by atoms with Crippen molar-refractivity contribution in [2.75, 3.05) is 13.4 Å². The molecule has 0 saturated carbocycles. The van der Waals surface area contributed by atoms with Gasteiger partial charge < -0.3 is 9.47 Å². The van der Waals surface area contributed by atoms with Gasteiger partial charge in [0, 0.05) is 6.61 Å². The molecule has 4 heteroatoms. The molecule has 0 amide bonds. The van der Waals surface area contributed by atoms with E-state index in [-0.39, 0.29) is 12.4 Å². The third-order valence-electron chi connectivity index (χ3n) is 1.57. The molecule has 1 aromatic rings. The molecule has 0 radical (unpaired) electrons. The maximum Gasteiger partial charge on any atom is 0.343 e. The lowest BCUT2D eigenvalue weighted by molar-refractivity contribution is -0.0277. The second-order valence-electron chi connectivity index (χ2n) is 2.52. The molecule has 76 valence electrons. The minimum atomic E-state index is -0.712. The van der Waals surface area contributed by atoms with E-state index in [0.29, 0.717) is 6.61 Å². The van der Waals surface area contributed by atoms with E-state index in [0.717, 1.165) is 0 Å². The van der Waals surface area contributed by atoms with E-state index in [9.17, 15) is 9.18 Å². The number of hydrogen-bond acceptors (Lipinski definition) is 3. The van der Waals surface area contributed by atoms with E-state index in [1.165, 1.54) is 18.2 Å². The van der Waals surface area contributed by atoms with Crippen molar-refractivity contribution in [3.05, 3.63) is 35.6 Å². The molecule has 3 nitrogen and oxygen atoms in total. The molecular formula is C10H11FO3. The lowest BCUT2D eigenvalue weighted by Crippen LogP contribution is -2.10. The third-order valence-corrected chi connectivity index (χ3v) is 1.57. The fourth-order valence-corrected chi connectivity index (χ4v) is 0.883. The Morgan fingerprint density at radius 2 is 2.14 bits per heavy atom. The van der Waals surface area contributed by atoms with Gasteiger partial charge in [-0.1, -0.05) is 12.1 Å². The van der Waals surface area contributed by atoms with Crippen LogP contribution >= 0.6 is 0 Å². The highest BCUT2D eigenvalue weighted by Gasteiger charge is 2.11. The van der Waals surface area contributed by atoms with Crippen LogP contribution in [0.1, 0.15) is 17.3 Å². The van der Waals surface area contributed by atoms with Crippen molar-refractivity contribution in [3.8, 4) is 0 Å². The summed E-state index contributed by atoms with van der Waals surface area (Å²) >= 11 is 0. The Hall–Kier alpha value is -1.42. The molecule has 0 aliphatic heterocycles. The van der Waals surface area contributed by atoms with Crippen LogP contribution < -0.4 is 0 Å². The average molecular weight is 198 g/mol. The molecule has 0 bridgehead atoms. The Bertz CT molecular complexity index is 312. The Labute approximate surface area is 81.4 Å². The first-order valence-electron chi connectivity index (χ1n) is 4.25. The summed E-state index contributed by atoms with van der Waals surface area (Å²) in [5.41, 5.74) is -0.0767. The fourth-order valence-electron chi connectivity index (χ4n) is 0.883. The smallest absolute Gasteiger partial charge is 0.343 e. The van der Waals surface area contributed by atoms with E-state index in [1.54, 1.807) is 13.0 Å². The summed E-state index contributed by atoms with van der Waals surface area (Å²) in [6.45, 7) is 2.07. The van der Waals surface area contributed by atoms with Gasteiger partial charge in [-0.2, -0.15) is 0 Å². The lowest BCUT2D eigenvalue weighted by atomic mass is 10.2. The molecule has 1 aromatic carbocycles. The molecule has 0 spiro atoms. The van der Waals surface area contributed by atoms with Gasteiger partial charge in [0.05, 0.1) is 5.56 Å². The van der Waals surface area contributed by atoms with Crippen LogP contribution in [0.15, 0.2) is 24.3 Å². The Morgan fingerprint density at radius 1 is 1.43 bits per heavy atom. The topological polar surface area (TPSA) is 35.5 Å². The van der Waals surface area contributed by atoms with Crippen molar-refractivity contribution >= 4 is 5.97 Å². The van der Waals surface area contributed by atoms with Crippen molar-refractivity contribution in [2.24, 2.45) is 0 Å². The Kier molecular flexibility index (Phi) is 4.07. The second kappa shape index (κ2) is 5.34. The zero-order valence-corrected chi connectivity index (χ0v) is 7.83. The van der Waals surface area contributed by atoms with Crippen molar-refractivity contribution in [3.63, 3.8) is 0 Å². The maximum atomic E-state index is 13.0. The largest absolute Gasteiger partial charge is 0.435 e. The molecule has 0 aliphatic carbocycles. The van der Waals surface area contributed by atoms with E-state index < -0.39 is 11.8 Å². The number of carbonyl (C=O) groups excluding carboxylic acids is 1. The molecule has 0 fully saturated rings. The zero-order valence-electron chi connectivity index (χ0n) is 7.83. The van der Waals surface area contributed by atoms with E-state index in [2.05, 4.69) is 4.74 Å². The zero-order chi connectivity index (χ0) is 10.4. The van der Waals surface area contributed by atoms with Crippen LogP contribution in [-0.2, 0) is 9.47 Å². The summed E-state index contributed by atoms with van der Waals surface area (Å²) in [4.78, 5) is 11.2. The highest BCUT2D eigenvalue weighted by molar-refractivity contribution is 5.89. The van der Waals surface area contributed by atoms with Crippen molar-refractivity contribution in [1.29, 1.82) is 0 Å². The third kappa shape index (κ3) is 2.81. The molecule has 0 heterocycles. The summed E-state index contributed by atoms with van der Waals surface area (Å²) in [6.07, 6.45) is 0. The quantitative estimate of drug-likeness (QED) is 0.421. The lowest BCUT2D eigenvalue weighted by Gasteiger charge is -2.04. The first kappa shape index (κ1) is 10.7. The normalized spacial score (nSPS) is 9.86. The fraction of sp³-hybridized carbons (Fsp3) is 0.300. The van der Waals surface area contributed by atoms with E-state index in [4.69, 9.17) is 4.74 Å². The van der Waals surface area contributed by atoms with Gasteiger partial charge in [-0.25, -0.2) is 9.18 Å². The van der Waals surface area contributed by atoms with Crippen molar-refractivity contribution in [1.82, 2.24) is 0 Å². The molecule has 0 aromatic heterocycles. The van der Waals surface area contributed by atoms with Crippen LogP contribution in [0, 0.1) is 5.82 Å². The minimum Gasteiger partial charge on any atom is -0.435 e. The first-order valence-corrected chi connectivity index (χ1v) is 4.25. The second-order valence-corrected chi connectivity index (χ2v) is 2.52. The summed E-state index contributed by atoms with van der Waals surface area (Å²) < 4.78 is 22.5. The monoisotopic (exact) mass is 198 g/mol. The molecule has 1 rings (SSSR count). The Balaban J connectivity index is 2.56. The van der Waals surface area contributed by atoms with Gasteiger partial charge in [0.25, 0.3) is 0 Å². The number of rotatable bonds is 4. The van der Waals surface area contributed by atoms with Gasteiger partial charge >= 0.3 is 5.97 Å². The molecule has 0 saturated heterocycles. The predicted molar refractivity (Wildman–Crippen MR) is 48.3 cm³/mol. The SMILES string of the molecule is CCOCOC(=O)c1ccccc1F. The van der Waals surface area contributed by atoms with Crippen LogP contribution in [0.2, 0.25) is 0 Å². The highest BCUT2D eigenvalue weighted by Crippen LogP contribution is 2.07. The van der Waals surface area contributed by atoms with Gasteiger partial charge in [0.1, 0.15) is 5.82 Å². The number of hydrogen-bond donors (Lipinski definition) is 0. The van der Waals surface area contributed by atoms with Gasteiger partial charge in [-0.15, -0.1) is 0 Å². The maximum absolute atomic E-state index is 13.0. The summed E-state index contributed by atoms with van der Waals surface area (Å²) in [6, 6.07) is 5.65. The van der Waals surface area contributed by atoms with Crippen molar-refractivity contribution in [2.45, 2.75) is 6.92 Å². The number of ether oxygens (including phenoxy) is 2. The van der Waals surface area contributed by atoms with Gasteiger partial charge in [0.15, 0.2) is 6.79 Å². The van der Waals surface area contributed by atoms with Gasteiger partial charge in [-0.05, 0) is 19.1 Å². The van der Waals surface area contributed by atoms with Crippen molar-refractivity contribution < 1.29 is 18.7 Å². The van der Waals surface area contributed by atoms with Crippen LogP contribution in [0.5, 0.6) is 0 Å². The average Bonchev–Trinajstić information content (AvgIpc) is 2.18. The van der Waals surface area contributed by atoms with E-state index in [1.807, 2.05) is 0 Å². The summed E-state index contributed by atoms with van der Waals surface area (Å²) in [5, 5.41) is 0. The molecule has 14 heavy (non-hydrogen) atoms. The number of halogens is 1. The summed E-state index contributed by atoms with van der Waals surface area (Å²) in [5.74, 6) is -1.30. The number of carbonyl (C=O) groups is 1.